The van der Waals surface area contributed by atoms with Crippen molar-refractivity contribution in [2.45, 2.75) is 22.7 Å². The molecule has 3 aromatic carbocycles. The second-order valence-corrected chi connectivity index (χ2v) is 13.2. The maximum Gasteiger partial charge on any atom is 0.308 e. The summed E-state index contributed by atoms with van der Waals surface area (Å²) in [6.07, 6.45) is 0. The van der Waals surface area contributed by atoms with Gasteiger partial charge in [-0.05, 0) is 66.2 Å². The van der Waals surface area contributed by atoms with E-state index in [1.807, 2.05) is 24.3 Å². The number of benzene rings is 3. The molecular formula is C28H18BrCl2N3O4S2. The van der Waals surface area contributed by atoms with Gasteiger partial charge in [0.15, 0.2) is 0 Å². The Hall–Kier alpha value is -2.89. The van der Waals surface area contributed by atoms with Gasteiger partial charge in [-0.15, -0.1) is 0 Å². The molecule has 0 aliphatic carbocycles. The van der Waals surface area contributed by atoms with E-state index in [2.05, 4.69) is 21.2 Å². The number of amides is 3. The second kappa shape index (κ2) is 10.8. The van der Waals surface area contributed by atoms with Gasteiger partial charge in [0.05, 0.1) is 16.6 Å². The summed E-state index contributed by atoms with van der Waals surface area (Å²) in [5.74, 6) is -2.37. The topological polar surface area (TPSA) is 88.5 Å². The van der Waals surface area contributed by atoms with E-state index in [9.17, 15) is 19.2 Å². The van der Waals surface area contributed by atoms with Crippen LogP contribution in [0.15, 0.2) is 87.1 Å². The molecule has 6 rings (SSSR count). The lowest BCUT2D eigenvalue weighted by Crippen LogP contribution is -2.33. The molecule has 1 N–H and O–H groups in total. The van der Waals surface area contributed by atoms with E-state index in [0.29, 0.717) is 31.3 Å². The number of thiazole rings is 1. The molecule has 1 aromatic heterocycles. The van der Waals surface area contributed by atoms with Gasteiger partial charge in [0.2, 0.25) is 17.7 Å². The summed E-state index contributed by atoms with van der Waals surface area (Å²) in [4.78, 5) is 55.4. The van der Waals surface area contributed by atoms with Crippen LogP contribution in [-0.4, -0.2) is 27.5 Å². The zero-order chi connectivity index (χ0) is 28.1. The number of carbonyl (C=O) groups is 3. The first-order valence-corrected chi connectivity index (χ1v) is 15.3. The number of fused-ring (bicyclic) bond motifs is 2. The molecule has 3 atom stereocenters. The number of carbonyl (C=O) groups excluding carboxylic acids is 3. The van der Waals surface area contributed by atoms with Crippen LogP contribution >= 0.6 is 62.2 Å². The monoisotopic (exact) mass is 673 g/mol. The molecule has 3 unspecified atom stereocenters. The van der Waals surface area contributed by atoms with Crippen LogP contribution in [0.4, 0.5) is 11.4 Å². The van der Waals surface area contributed by atoms with Crippen molar-refractivity contribution in [2.24, 2.45) is 5.92 Å². The molecule has 0 radical (unpaired) electrons. The summed E-state index contributed by atoms with van der Waals surface area (Å²) >= 11 is 17.6. The number of nitrogens with one attached hydrogen (secondary N) is 1. The summed E-state index contributed by atoms with van der Waals surface area (Å²) in [5, 5.41) is 3.55. The number of halogens is 3. The Labute approximate surface area is 255 Å². The molecule has 2 aliphatic rings. The third-order valence-corrected chi connectivity index (χ3v) is 10.4. The Morgan fingerprint density at radius 3 is 2.15 bits per heavy atom. The zero-order valence-corrected chi connectivity index (χ0v) is 25.1. The smallest absolute Gasteiger partial charge is 0.308 e. The van der Waals surface area contributed by atoms with Gasteiger partial charge >= 0.3 is 4.87 Å². The Kier molecular flexibility index (Phi) is 7.39. The number of nitrogens with zero attached hydrogens (tertiary/aromatic N) is 2. The zero-order valence-electron chi connectivity index (χ0n) is 20.3. The molecule has 0 spiro atoms. The Balaban J connectivity index is 1.40. The molecule has 0 saturated carbocycles. The molecule has 202 valence electrons. The van der Waals surface area contributed by atoms with Gasteiger partial charge in [0.1, 0.15) is 11.8 Å². The minimum atomic E-state index is -0.774. The van der Waals surface area contributed by atoms with E-state index in [-0.39, 0.29) is 23.2 Å². The summed E-state index contributed by atoms with van der Waals surface area (Å²) in [7, 11) is 0. The lowest BCUT2D eigenvalue weighted by Gasteiger charge is -2.30. The van der Waals surface area contributed by atoms with Crippen LogP contribution in [0.2, 0.25) is 10.0 Å². The van der Waals surface area contributed by atoms with E-state index in [1.165, 1.54) is 21.2 Å². The molecule has 3 heterocycles. The predicted molar refractivity (Wildman–Crippen MR) is 162 cm³/mol. The molecule has 3 amide bonds. The van der Waals surface area contributed by atoms with Gasteiger partial charge in [-0.2, -0.15) is 0 Å². The number of aromatic nitrogens is 1. The van der Waals surface area contributed by atoms with Crippen LogP contribution in [0.3, 0.4) is 0 Å². The van der Waals surface area contributed by atoms with Crippen LogP contribution in [0.5, 0.6) is 0 Å². The van der Waals surface area contributed by atoms with Crippen molar-refractivity contribution in [3.05, 3.63) is 107 Å². The van der Waals surface area contributed by atoms with E-state index < -0.39 is 23.0 Å². The lowest BCUT2D eigenvalue weighted by molar-refractivity contribution is -0.122. The Bertz CT molecular complexity index is 1710. The number of imide groups is 1. The van der Waals surface area contributed by atoms with Gasteiger partial charge in [0, 0.05) is 31.0 Å². The lowest BCUT2D eigenvalue weighted by atomic mass is 9.83. The summed E-state index contributed by atoms with van der Waals surface area (Å²) in [5.41, 5.74) is 1.78. The number of hydrogen-bond acceptors (Lipinski definition) is 6. The van der Waals surface area contributed by atoms with Crippen molar-refractivity contribution < 1.29 is 14.4 Å². The first kappa shape index (κ1) is 27.3. The third kappa shape index (κ3) is 4.92. The predicted octanol–water partition coefficient (Wildman–Crippen LogP) is 6.41. The minimum Gasteiger partial charge on any atom is -0.325 e. The second-order valence-electron chi connectivity index (χ2n) is 9.26. The number of hydrogen-bond donors (Lipinski definition) is 1. The average Bonchev–Trinajstić information content (AvgIpc) is 3.37. The van der Waals surface area contributed by atoms with Crippen LogP contribution < -0.4 is 15.1 Å². The van der Waals surface area contributed by atoms with E-state index in [4.69, 9.17) is 23.2 Å². The fraction of sp³-hybridized carbons (Fsp3) is 0.143. The highest BCUT2D eigenvalue weighted by Gasteiger charge is 2.56. The minimum absolute atomic E-state index is 0.242. The van der Waals surface area contributed by atoms with Crippen molar-refractivity contribution in [3.63, 3.8) is 0 Å². The average molecular weight is 675 g/mol. The molecule has 4 aromatic rings. The summed E-state index contributed by atoms with van der Waals surface area (Å²) in [6.45, 7) is -0.242. The number of rotatable bonds is 5. The van der Waals surface area contributed by atoms with Crippen molar-refractivity contribution in [3.8, 4) is 0 Å². The molecule has 40 heavy (non-hydrogen) atoms. The maximum absolute atomic E-state index is 13.9. The molecule has 7 nitrogen and oxygen atoms in total. The molecule has 1 fully saturated rings. The molecule has 1 saturated heterocycles. The number of thioether (sulfide) groups is 1. The maximum atomic E-state index is 13.9. The number of anilines is 2. The van der Waals surface area contributed by atoms with Gasteiger partial charge in [-0.25, -0.2) is 4.90 Å². The highest BCUT2D eigenvalue weighted by molar-refractivity contribution is 9.10. The standard InChI is InChI=1S/C28H18BrCl2N3O4S2/c29-15-3-1-14(2-4-15)21-22-23(26(37)34(25(22)36)19-11-7-17(31)8-12-19)39-27-24(21)40-28(38)33(27)13-20(35)32-18-9-5-16(30)6-10-18/h1-12,21-23H,13H2,(H,32,35). The van der Waals surface area contributed by atoms with Crippen LogP contribution in [-0.2, 0) is 20.9 Å². The first-order valence-electron chi connectivity index (χ1n) is 12.1. The van der Waals surface area contributed by atoms with Crippen LogP contribution in [0.1, 0.15) is 16.4 Å². The van der Waals surface area contributed by atoms with Gasteiger partial charge in [0.25, 0.3) is 0 Å². The molecule has 0 bridgehead atoms. The normalized spacial score (nSPS) is 19.9. The quantitative estimate of drug-likeness (QED) is 0.247. The van der Waals surface area contributed by atoms with Crippen LogP contribution in [0, 0.1) is 5.92 Å². The SMILES string of the molecule is O=C(Cn1c2c(sc1=O)C(c1ccc(Br)cc1)C1C(=O)N(c3ccc(Cl)cc3)C(=O)C1S2)Nc1ccc(Cl)cc1. The Morgan fingerprint density at radius 2 is 1.50 bits per heavy atom. The van der Waals surface area contributed by atoms with Crippen molar-refractivity contribution in [2.75, 3.05) is 10.2 Å². The Morgan fingerprint density at radius 1 is 0.875 bits per heavy atom. The highest BCUT2D eigenvalue weighted by Crippen LogP contribution is 2.54. The fourth-order valence-corrected chi connectivity index (χ4v) is 8.30. The van der Waals surface area contributed by atoms with E-state index in [1.54, 1.807) is 48.5 Å². The van der Waals surface area contributed by atoms with Crippen LogP contribution in [0.25, 0.3) is 0 Å². The summed E-state index contributed by atoms with van der Waals surface area (Å²) in [6, 6.07) is 20.7. The molecule has 2 aliphatic heterocycles. The first-order chi connectivity index (χ1) is 19.2. The van der Waals surface area contributed by atoms with Crippen molar-refractivity contribution in [1.29, 1.82) is 0 Å². The van der Waals surface area contributed by atoms with E-state index >= 15 is 0 Å². The largest absolute Gasteiger partial charge is 0.325 e. The van der Waals surface area contributed by atoms with Crippen molar-refractivity contribution >= 4 is 91.3 Å². The summed E-state index contributed by atoms with van der Waals surface area (Å²) < 4.78 is 2.25. The van der Waals surface area contributed by atoms with Gasteiger partial charge in [-0.3, -0.25) is 23.7 Å². The molecule has 12 heteroatoms. The highest BCUT2D eigenvalue weighted by atomic mass is 79.9. The van der Waals surface area contributed by atoms with Gasteiger partial charge < -0.3 is 5.32 Å². The van der Waals surface area contributed by atoms with E-state index in [0.717, 1.165) is 21.4 Å². The molecular weight excluding hydrogens is 657 g/mol. The van der Waals surface area contributed by atoms with Gasteiger partial charge in [-0.1, -0.05) is 74.4 Å². The fourth-order valence-electron chi connectivity index (χ4n) is 5.01. The van der Waals surface area contributed by atoms with Crippen molar-refractivity contribution in [1.82, 2.24) is 4.57 Å². The third-order valence-electron chi connectivity index (χ3n) is 6.79.